The minimum atomic E-state index is -0.265. The number of hydrogen-bond donors (Lipinski definition) is 1. The van der Waals surface area contributed by atoms with Gasteiger partial charge in [0, 0.05) is 7.05 Å². The van der Waals surface area contributed by atoms with Gasteiger partial charge >= 0.3 is 5.97 Å². The lowest BCUT2D eigenvalue weighted by Crippen LogP contribution is -2.24. The van der Waals surface area contributed by atoms with E-state index in [9.17, 15) is 4.79 Å². The summed E-state index contributed by atoms with van der Waals surface area (Å²) in [7, 11) is 1.58. The molecule has 0 unspecified atom stereocenters. The smallest absolute Gasteiger partial charge is 0.319 e. The molecule has 0 rings (SSSR count). The summed E-state index contributed by atoms with van der Waals surface area (Å²) < 4.78 is 4.65. The number of ether oxygens (including phenoxy) is 1. The molecule has 64 valence electrons. The first kappa shape index (κ1) is 10.0. The third kappa shape index (κ3) is 6.92. The lowest BCUT2D eigenvalue weighted by molar-refractivity contribution is -0.141. The summed E-state index contributed by atoms with van der Waals surface area (Å²) in [5.74, 6) is -0.265. The summed E-state index contributed by atoms with van der Waals surface area (Å²) in [6.07, 6.45) is 0. The fourth-order valence-electron chi connectivity index (χ4n) is 0.491. The van der Waals surface area contributed by atoms with Gasteiger partial charge in [-0.25, -0.2) is 0 Å². The minimum absolute atomic E-state index is 0.187. The summed E-state index contributed by atoms with van der Waals surface area (Å²) in [6.45, 7) is 2.72. The number of esters is 1. The van der Waals surface area contributed by atoms with Gasteiger partial charge in [0.15, 0.2) is 0 Å². The van der Waals surface area contributed by atoms with Gasteiger partial charge in [0.25, 0.3) is 0 Å². The highest BCUT2D eigenvalue weighted by molar-refractivity contribution is 5.71. The van der Waals surface area contributed by atoms with Crippen LogP contribution in [-0.4, -0.2) is 32.8 Å². The second kappa shape index (κ2) is 7.14. The Balaban J connectivity index is 3.17. The van der Waals surface area contributed by atoms with E-state index < -0.39 is 0 Å². The van der Waals surface area contributed by atoms with Crippen molar-refractivity contribution in [3.05, 3.63) is 0 Å². The van der Waals surface area contributed by atoms with Crippen LogP contribution in [0.5, 0.6) is 0 Å². The molecule has 0 aromatic heterocycles. The zero-order valence-electron chi connectivity index (χ0n) is 6.83. The van der Waals surface area contributed by atoms with Crippen LogP contribution in [0.4, 0.5) is 0 Å². The van der Waals surface area contributed by atoms with Crippen LogP contribution in [0.1, 0.15) is 6.92 Å². The van der Waals surface area contributed by atoms with E-state index in [4.69, 9.17) is 0 Å². The summed E-state index contributed by atoms with van der Waals surface area (Å²) in [6, 6.07) is 0. The van der Waals surface area contributed by atoms with Crippen LogP contribution in [-0.2, 0) is 9.53 Å². The van der Waals surface area contributed by atoms with Gasteiger partial charge in [-0.2, -0.15) is 10.2 Å². The number of hydrogen-bond acceptors (Lipinski definition) is 5. The SMILES string of the molecule is CCOC(=O)CNCN=NC. The predicted octanol–water partition coefficient (Wildman–Crippen LogP) is 0.179. The van der Waals surface area contributed by atoms with Crippen molar-refractivity contribution >= 4 is 5.97 Å². The van der Waals surface area contributed by atoms with E-state index in [1.54, 1.807) is 14.0 Å². The Kier molecular flexibility index (Phi) is 6.51. The molecule has 0 saturated carbocycles. The Morgan fingerprint density at radius 3 is 2.91 bits per heavy atom. The van der Waals surface area contributed by atoms with Crippen molar-refractivity contribution in [3.63, 3.8) is 0 Å². The number of nitrogens with zero attached hydrogens (tertiary/aromatic N) is 2. The average molecular weight is 159 g/mol. The minimum Gasteiger partial charge on any atom is -0.465 e. The molecule has 0 saturated heterocycles. The Morgan fingerprint density at radius 2 is 2.36 bits per heavy atom. The highest BCUT2D eigenvalue weighted by atomic mass is 16.5. The molecule has 0 heterocycles. The quantitative estimate of drug-likeness (QED) is 0.353. The largest absolute Gasteiger partial charge is 0.465 e. The van der Waals surface area contributed by atoms with Gasteiger partial charge in [-0.1, -0.05) is 0 Å². The highest BCUT2D eigenvalue weighted by Gasteiger charge is 1.97. The topological polar surface area (TPSA) is 63.0 Å². The summed E-state index contributed by atoms with van der Waals surface area (Å²) >= 11 is 0. The van der Waals surface area contributed by atoms with E-state index in [0.717, 1.165) is 0 Å². The second-order valence-corrected chi connectivity index (χ2v) is 1.73. The van der Waals surface area contributed by atoms with E-state index in [-0.39, 0.29) is 12.5 Å². The highest BCUT2D eigenvalue weighted by Crippen LogP contribution is 1.74. The predicted molar refractivity (Wildman–Crippen MR) is 40.3 cm³/mol. The van der Waals surface area contributed by atoms with Crippen LogP contribution >= 0.6 is 0 Å². The average Bonchev–Trinajstić information content (AvgIpc) is 1.99. The number of rotatable bonds is 5. The number of carbonyl (C=O) groups is 1. The van der Waals surface area contributed by atoms with Crippen LogP contribution in [0.15, 0.2) is 10.2 Å². The molecule has 5 heteroatoms. The van der Waals surface area contributed by atoms with Crippen molar-refractivity contribution < 1.29 is 9.53 Å². The number of azo groups is 1. The third-order valence-corrected chi connectivity index (χ3v) is 0.899. The molecule has 0 bridgehead atoms. The van der Waals surface area contributed by atoms with E-state index >= 15 is 0 Å². The zero-order chi connectivity index (χ0) is 8.53. The van der Waals surface area contributed by atoms with E-state index in [1.807, 2.05) is 0 Å². The van der Waals surface area contributed by atoms with Gasteiger partial charge in [-0.3, -0.25) is 10.1 Å². The van der Waals surface area contributed by atoms with Crippen molar-refractivity contribution in [2.24, 2.45) is 10.2 Å². The molecule has 0 amide bonds. The van der Waals surface area contributed by atoms with Crippen LogP contribution in [0.25, 0.3) is 0 Å². The number of carbonyl (C=O) groups excluding carboxylic acids is 1. The molecule has 0 aliphatic carbocycles. The van der Waals surface area contributed by atoms with Crippen molar-refractivity contribution in [3.8, 4) is 0 Å². The van der Waals surface area contributed by atoms with E-state index in [2.05, 4.69) is 20.3 Å². The molecule has 5 nitrogen and oxygen atoms in total. The normalized spacial score (nSPS) is 10.4. The van der Waals surface area contributed by atoms with Crippen LogP contribution in [0, 0.1) is 0 Å². The van der Waals surface area contributed by atoms with Crippen LogP contribution < -0.4 is 5.32 Å². The Hall–Kier alpha value is -0.970. The first-order chi connectivity index (χ1) is 5.31. The van der Waals surface area contributed by atoms with Gasteiger partial charge in [-0.05, 0) is 6.92 Å². The molecule has 0 aliphatic rings. The Bertz CT molecular complexity index is 136. The molecule has 11 heavy (non-hydrogen) atoms. The van der Waals surface area contributed by atoms with Crippen molar-refractivity contribution in [2.75, 3.05) is 26.9 Å². The maximum absolute atomic E-state index is 10.6. The molecule has 0 aromatic rings. The fraction of sp³-hybridized carbons (Fsp3) is 0.833. The molecule has 0 spiro atoms. The first-order valence-electron chi connectivity index (χ1n) is 3.43. The second-order valence-electron chi connectivity index (χ2n) is 1.73. The molecular formula is C6H13N3O2. The number of nitrogens with one attached hydrogen (secondary N) is 1. The molecule has 0 radical (unpaired) electrons. The zero-order valence-corrected chi connectivity index (χ0v) is 6.83. The summed E-state index contributed by atoms with van der Waals surface area (Å²) in [5, 5.41) is 9.83. The van der Waals surface area contributed by atoms with Gasteiger partial charge in [0.2, 0.25) is 0 Å². The maximum Gasteiger partial charge on any atom is 0.319 e. The van der Waals surface area contributed by atoms with Gasteiger partial charge in [0.05, 0.1) is 13.2 Å². The monoisotopic (exact) mass is 159 g/mol. The summed E-state index contributed by atoms with van der Waals surface area (Å²) in [4.78, 5) is 10.6. The maximum atomic E-state index is 10.6. The van der Waals surface area contributed by atoms with Crippen molar-refractivity contribution in [1.29, 1.82) is 0 Å². The lowest BCUT2D eigenvalue weighted by Gasteiger charge is -2.00. The van der Waals surface area contributed by atoms with Crippen molar-refractivity contribution in [1.82, 2.24) is 5.32 Å². The van der Waals surface area contributed by atoms with Crippen LogP contribution in [0.2, 0.25) is 0 Å². The fourth-order valence-corrected chi connectivity index (χ4v) is 0.491. The first-order valence-corrected chi connectivity index (χ1v) is 3.43. The summed E-state index contributed by atoms with van der Waals surface area (Å²) in [5.41, 5.74) is 0. The lowest BCUT2D eigenvalue weighted by atomic mass is 10.6. The van der Waals surface area contributed by atoms with Gasteiger partial charge in [0.1, 0.15) is 6.67 Å². The molecule has 0 atom stereocenters. The van der Waals surface area contributed by atoms with Crippen LogP contribution in [0.3, 0.4) is 0 Å². The molecule has 0 aliphatic heterocycles. The molecule has 0 fully saturated rings. The molecule has 0 aromatic carbocycles. The van der Waals surface area contributed by atoms with Gasteiger partial charge in [-0.15, -0.1) is 0 Å². The Morgan fingerprint density at radius 1 is 1.64 bits per heavy atom. The molecule has 1 N–H and O–H groups in total. The molecular weight excluding hydrogens is 146 g/mol. The Labute approximate surface area is 65.8 Å². The van der Waals surface area contributed by atoms with Crippen molar-refractivity contribution in [2.45, 2.75) is 6.92 Å². The van der Waals surface area contributed by atoms with E-state index in [0.29, 0.717) is 13.3 Å². The van der Waals surface area contributed by atoms with Gasteiger partial charge < -0.3 is 4.74 Å². The standard InChI is InChI=1S/C6H13N3O2/c1-3-11-6(10)4-8-5-9-7-2/h8H,3-5H2,1-2H3. The van der Waals surface area contributed by atoms with E-state index in [1.165, 1.54) is 0 Å². The third-order valence-electron chi connectivity index (χ3n) is 0.899.